The molecule has 1 fully saturated rings. The molecule has 2 aliphatic heterocycles. The lowest BCUT2D eigenvalue weighted by molar-refractivity contribution is 0.0267. The van der Waals surface area contributed by atoms with Gasteiger partial charge in [0, 0.05) is 31.4 Å². The van der Waals surface area contributed by atoms with Crippen LogP contribution in [0.5, 0.6) is 0 Å². The van der Waals surface area contributed by atoms with Gasteiger partial charge in [-0.15, -0.1) is 0 Å². The van der Waals surface area contributed by atoms with E-state index in [-0.39, 0.29) is 12.1 Å². The van der Waals surface area contributed by atoms with Gasteiger partial charge in [0.25, 0.3) is 0 Å². The van der Waals surface area contributed by atoms with Crippen LogP contribution in [0.2, 0.25) is 0 Å². The summed E-state index contributed by atoms with van der Waals surface area (Å²) < 4.78 is 5.51. The summed E-state index contributed by atoms with van der Waals surface area (Å²) in [4.78, 5) is 16.7. The van der Waals surface area contributed by atoms with E-state index < -0.39 is 5.60 Å². The van der Waals surface area contributed by atoms with E-state index in [4.69, 9.17) is 4.74 Å². The molecule has 2 bridgehead atoms. The molecule has 4 nitrogen and oxygen atoms in total. The minimum absolute atomic E-state index is 0.208. The summed E-state index contributed by atoms with van der Waals surface area (Å²) in [5.74, 6) is 0. The highest BCUT2D eigenvalue weighted by Crippen LogP contribution is 2.42. The number of carbonyl (C=O) groups is 1. The van der Waals surface area contributed by atoms with Gasteiger partial charge in [0.2, 0.25) is 0 Å². The fraction of sp³-hybridized carbons (Fsp3) is 0.526. The fourth-order valence-corrected chi connectivity index (χ4v) is 4.02. The number of amides is 1. The Morgan fingerprint density at radius 1 is 1.17 bits per heavy atom. The quantitative estimate of drug-likeness (QED) is 0.793. The Kier molecular flexibility index (Phi) is 3.27. The Hall–Kier alpha value is -1.81. The van der Waals surface area contributed by atoms with Crippen LogP contribution in [-0.2, 0) is 17.8 Å². The first kappa shape index (κ1) is 14.8. The van der Waals surface area contributed by atoms with Crippen molar-refractivity contribution in [1.29, 1.82) is 0 Å². The van der Waals surface area contributed by atoms with E-state index in [0.29, 0.717) is 6.04 Å². The van der Waals surface area contributed by atoms with Crippen LogP contribution in [0.3, 0.4) is 0 Å². The van der Waals surface area contributed by atoms with Gasteiger partial charge in [-0.2, -0.15) is 0 Å². The molecule has 1 saturated carbocycles. The van der Waals surface area contributed by atoms with Crippen LogP contribution in [0.1, 0.15) is 44.7 Å². The van der Waals surface area contributed by atoms with Gasteiger partial charge >= 0.3 is 6.09 Å². The summed E-state index contributed by atoms with van der Waals surface area (Å²) in [6.07, 6.45) is 3.85. The van der Waals surface area contributed by atoms with Gasteiger partial charge in [-0.1, -0.05) is 24.3 Å². The molecule has 0 unspecified atom stereocenters. The summed E-state index contributed by atoms with van der Waals surface area (Å²) in [5, 5.41) is 0. The smallest absolute Gasteiger partial charge is 0.414 e. The van der Waals surface area contributed by atoms with Gasteiger partial charge in [-0.25, -0.2) is 4.79 Å². The number of carbonyl (C=O) groups excluding carboxylic acids is 1. The van der Waals surface area contributed by atoms with Gasteiger partial charge in [0.1, 0.15) is 5.60 Å². The molecule has 4 rings (SSSR count). The Morgan fingerprint density at radius 2 is 1.83 bits per heavy atom. The summed E-state index contributed by atoms with van der Waals surface area (Å²) in [5.41, 5.74) is 3.83. The van der Waals surface area contributed by atoms with E-state index in [1.807, 2.05) is 27.0 Å². The molecule has 0 N–H and O–H groups in total. The molecule has 2 heterocycles. The number of benzene rings is 1. The van der Waals surface area contributed by atoms with Gasteiger partial charge in [0.05, 0.1) is 0 Å². The van der Waals surface area contributed by atoms with Crippen LogP contribution in [0.4, 0.5) is 4.79 Å². The lowest BCUT2D eigenvalue weighted by Crippen LogP contribution is -2.41. The third kappa shape index (κ3) is 2.65. The summed E-state index contributed by atoms with van der Waals surface area (Å²) in [6, 6.07) is 9.44. The average Bonchev–Trinajstić information content (AvgIpc) is 3.17. The maximum atomic E-state index is 12.3. The minimum Gasteiger partial charge on any atom is -0.443 e. The molecule has 122 valence electrons. The molecule has 1 aliphatic carbocycles. The van der Waals surface area contributed by atoms with Crippen molar-refractivity contribution in [3.8, 4) is 0 Å². The molecule has 1 aromatic carbocycles. The van der Waals surface area contributed by atoms with Crippen LogP contribution in [0, 0.1) is 0 Å². The van der Waals surface area contributed by atoms with Gasteiger partial charge in [0.15, 0.2) is 0 Å². The Bertz CT molecular complexity index is 649. The highest BCUT2D eigenvalue weighted by molar-refractivity contribution is 5.71. The van der Waals surface area contributed by atoms with E-state index in [2.05, 4.69) is 29.2 Å². The van der Waals surface area contributed by atoms with Crippen molar-refractivity contribution >= 4 is 6.09 Å². The van der Waals surface area contributed by atoms with Crippen molar-refractivity contribution in [3.63, 3.8) is 0 Å². The largest absolute Gasteiger partial charge is 0.443 e. The van der Waals surface area contributed by atoms with Crippen molar-refractivity contribution in [2.24, 2.45) is 0 Å². The van der Waals surface area contributed by atoms with E-state index in [9.17, 15) is 4.79 Å². The zero-order valence-corrected chi connectivity index (χ0v) is 14.1. The number of ether oxygens (including phenoxy) is 1. The predicted octanol–water partition coefficient (Wildman–Crippen LogP) is 3.67. The van der Waals surface area contributed by atoms with Crippen LogP contribution in [-0.4, -0.2) is 33.6 Å². The molecule has 2 atom stereocenters. The molecular formula is C19H24N2O2. The highest BCUT2D eigenvalue weighted by atomic mass is 16.6. The molecule has 0 saturated heterocycles. The summed E-state index contributed by atoms with van der Waals surface area (Å²) >= 11 is 0. The average molecular weight is 312 g/mol. The maximum absolute atomic E-state index is 12.3. The zero-order chi connectivity index (χ0) is 16.2. The Morgan fingerprint density at radius 3 is 2.35 bits per heavy atom. The fourth-order valence-electron chi connectivity index (χ4n) is 4.02. The second-order valence-electron chi connectivity index (χ2n) is 7.87. The normalized spacial score (nSPS) is 26.4. The summed E-state index contributed by atoms with van der Waals surface area (Å²) in [7, 11) is 0. The standard InChI is InChI=1S/C19H24N2O2/c1-19(2,3)23-18(22)21-12-15-8-16(21)9-17(15)20-10-13-6-4-5-7-14(13)11-20/h4-7,12,16-17H,8-11H2,1-3H3/t16-,17+/m0/s1. The van der Waals surface area contributed by atoms with E-state index in [1.54, 1.807) is 4.90 Å². The van der Waals surface area contributed by atoms with E-state index in [1.165, 1.54) is 16.7 Å². The number of hydrogen-bond donors (Lipinski definition) is 0. The highest BCUT2D eigenvalue weighted by Gasteiger charge is 2.44. The van der Waals surface area contributed by atoms with Crippen molar-refractivity contribution < 1.29 is 9.53 Å². The van der Waals surface area contributed by atoms with Gasteiger partial charge in [-0.3, -0.25) is 9.80 Å². The molecule has 0 spiro atoms. The lowest BCUT2D eigenvalue weighted by Gasteiger charge is -2.32. The summed E-state index contributed by atoms with van der Waals surface area (Å²) in [6.45, 7) is 7.79. The minimum atomic E-state index is -0.437. The third-order valence-electron chi connectivity index (χ3n) is 5.00. The van der Waals surface area contributed by atoms with E-state index in [0.717, 1.165) is 25.9 Å². The zero-order valence-electron chi connectivity index (χ0n) is 14.1. The topological polar surface area (TPSA) is 32.8 Å². The second kappa shape index (κ2) is 5.10. The number of nitrogens with zero attached hydrogens (tertiary/aromatic N) is 2. The first-order valence-electron chi connectivity index (χ1n) is 8.43. The van der Waals surface area contributed by atoms with Crippen LogP contribution >= 0.6 is 0 Å². The van der Waals surface area contributed by atoms with Crippen LogP contribution in [0.25, 0.3) is 0 Å². The van der Waals surface area contributed by atoms with Crippen LogP contribution in [0.15, 0.2) is 36.0 Å². The van der Waals surface area contributed by atoms with Crippen molar-refractivity contribution in [3.05, 3.63) is 47.2 Å². The molecule has 23 heavy (non-hydrogen) atoms. The van der Waals surface area contributed by atoms with Gasteiger partial charge in [-0.05, 0) is 50.3 Å². The molecule has 4 heteroatoms. The van der Waals surface area contributed by atoms with Crippen molar-refractivity contribution in [2.45, 2.75) is 64.4 Å². The van der Waals surface area contributed by atoms with Crippen LogP contribution < -0.4 is 0 Å². The Labute approximate surface area is 137 Å². The van der Waals surface area contributed by atoms with E-state index >= 15 is 0 Å². The molecular weight excluding hydrogens is 288 g/mol. The van der Waals surface area contributed by atoms with Crippen molar-refractivity contribution in [2.75, 3.05) is 0 Å². The first-order valence-corrected chi connectivity index (χ1v) is 8.43. The number of rotatable bonds is 1. The van der Waals surface area contributed by atoms with Gasteiger partial charge < -0.3 is 4.74 Å². The van der Waals surface area contributed by atoms with Crippen molar-refractivity contribution in [1.82, 2.24) is 9.80 Å². The SMILES string of the molecule is CC(C)(C)OC(=O)N1C=C2C[C@H]1C[C@H]2N1Cc2ccccc2C1. The molecule has 3 aliphatic rings. The molecule has 0 radical (unpaired) electrons. The third-order valence-corrected chi connectivity index (χ3v) is 5.00. The maximum Gasteiger partial charge on any atom is 0.414 e. The molecule has 1 amide bonds. The Balaban J connectivity index is 1.46. The lowest BCUT2D eigenvalue weighted by atomic mass is 10.1. The monoisotopic (exact) mass is 312 g/mol. The predicted molar refractivity (Wildman–Crippen MR) is 88.7 cm³/mol. The number of fused-ring (bicyclic) bond motifs is 3. The number of hydrogen-bond acceptors (Lipinski definition) is 3. The second-order valence-corrected chi connectivity index (χ2v) is 7.87. The molecule has 1 aromatic rings. The molecule has 0 aromatic heterocycles. The first-order chi connectivity index (χ1) is 10.9.